The third-order valence-electron chi connectivity index (χ3n) is 5.75. The van der Waals surface area contributed by atoms with E-state index in [4.69, 9.17) is 53.8 Å². The zero-order valence-corrected chi connectivity index (χ0v) is 23.8. The molecule has 1 fully saturated rings. The zero-order valence-electron chi connectivity index (χ0n) is 22.3. The lowest BCUT2D eigenvalue weighted by atomic mass is 9.86. The molecule has 0 spiro atoms. The number of halogens is 8. The Morgan fingerprint density at radius 2 is 1.33 bits per heavy atom. The molecule has 260 valence electrons. The number of benzene rings is 1. The van der Waals surface area contributed by atoms with Crippen LogP contribution in [-0.4, -0.2) is 114 Å². The van der Waals surface area contributed by atoms with Crippen LogP contribution < -0.4 is 16.4 Å². The zero-order chi connectivity index (χ0) is 36.5. The van der Waals surface area contributed by atoms with Crippen molar-refractivity contribution in [2.24, 2.45) is 5.73 Å². The van der Waals surface area contributed by atoms with E-state index in [1.165, 1.54) is 0 Å². The van der Waals surface area contributed by atoms with Crippen molar-refractivity contribution in [3.8, 4) is 5.75 Å². The van der Waals surface area contributed by atoms with E-state index < -0.39 is 83.6 Å². The Morgan fingerprint density at radius 3 is 1.65 bits per heavy atom. The summed E-state index contributed by atoms with van der Waals surface area (Å²) < 4.78 is 63.5. The Kier molecular flexibility index (Phi) is 15.0. The van der Waals surface area contributed by atoms with Crippen LogP contribution in [0, 0.1) is 0 Å². The number of carboxylic acids is 5. The average molecular weight is 722 g/mol. The number of carboxylic acid groups (broad SMARTS) is 5. The number of hydrogen-bond acceptors (Lipinski definition) is 10. The molecule has 0 aliphatic carbocycles. The highest BCUT2D eigenvalue weighted by molar-refractivity contribution is 6.37. The van der Waals surface area contributed by atoms with Crippen molar-refractivity contribution in [1.82, 2.24) is 10.6 Å². The molecule has 11 N–H and O–H groups in total. The van der Waals surface area contributed by atoms with Gasteiger partial charge in [-0.05, 0) is 31.4 Å². The SMILES string of the molecule is N[C@@H](C(=O)O)[C@H](O)[C@@]1(C(=O)O)CC[C@H](C[C@H](NC(=O)c2cc(Cl)c(O)c(Cl)c2)C(=O)O)N1.O=C(O)C(F)(F)F.O=C(O)C(F)(F)F. The van der Waals surface area contributed by atoms with Crippen molar-refractivity contribution < 1.29 is 90.9 Å². The van der Waals surface area contributed by atoms with E-state index in [1.54, 1.807) is 0 Å². The average Bonchev–Trinajstić information content (AvgIpc) is 3.34. The smallest absolute Gasteiger partial charge is 0.490 e. The summed E-state index contributed by atoms with van der Waals surface area (Å²) in [5.41, 5.74) is 3.16. The maximum Gasteiger partial charge on any atom is 0.490 e. The highest BCUT2D eigenvalue weighted by atomic mass is 35.5. The standard InChI is InChI=1S/C18H21Cl2N3O9.2C2HF3O2/c19-8-3-6(4-9(20)12(8)24)14(26)22-10(15(27)28)5-7-1-2-18(23-7,17(31)32)13(25)11(21)16(29)30;2*3-2(4,5)1(6)7/h3-4,7,10-11,13,23-25H,1-2,5,21H2,(H,22,26)(H,27,28)(H,29,30)(H,31,32);2*(H,6,7)/t7-,10+,11-,13+,18-;;/m1../s1. The molecule has 0 radical (unpaired) electrons. The Morgan fingerprint density at radius 1 is 0.913 bits per heavy atom. The van der Waals surface area contributed by atoms with Crippen molar-refractivity contribution in [2.75, 3.05) is 0 Å². The van der Waals surface area contributed by atoms with Crippen LogP contribution in [0.25, 0.3) is 0 Å². The van der Waals surface area contributed by atoms with Crippen LogP contribution in [0.2, 0.25) is 10.0 Å². The number of aliphatic carboxylic acids is 5. The Bertz CT molecular complexity index is 1280. The minimum absolute atomic E-state index is 0.0617. The highest BCUT2D eigenvalue weighted by Gasteiger charge is 2.54. The van der Waals surface area contributed by atoms with Crippen LogP contribution in [0.5, 0.6) is 5.75 Å². The third kappa shape index (κ3) is 12.0. The fraction of sp³-hybridized carbons (Fsp3) is 0.455. The van der Waals surface area contributed by atoms with Crippen molar-refractivity contribution >= 4 is 59.0 Å². The van der Waals surface area contributed by atoms with Gasteiger partial charge >= 0.3 is 42.2 Å². The maximum absolute atomic E-state index is 12.4. The molecule has 24 heteroatoms. The summed E-state index contributed by atoms with van der Waals surface area (Å²) in [4.78, 5) is 64.8. The minimum atomic E-state index is -5.08. The van der Waals surface area contributed by atoms with E-state index in [2.05, 4.69) is 10.6 Å². The summed E-state index contributed by atoms with van der Waals surface area (Å²) in [5, 5.41) is 66.6. The molecular weight excluding hydrogens is 699 g/mol. The number of carbonyl (C=O) groups excluding carboxylic acids is 1. The molecule has 1 amide bonds. The molecule has 0 saturated carbocycles. The second-order valence-corrected chi connectivity index (χ2v) is 9.77. The summed E-state index contributed by atoms with van der Waals surface area (Å²) in [7, 11) is 0. The number of amides is 1. The largest absolute Gasteiger partial charge is 0.505 e. The number of carbonyl (C=O) groups is 6. The van der Waals surface area contributed by atoms with Gasteiger partial charge in [0.15, 0.2) is 5.75 Å². The number of hydrogen-bond donors (Lipinski definition) is 10. The van der Waals surface area contributed by atoms with Crippen molar-refractivity contribution in [2.45, 2.75) is 61.4 Å². The van der Waals surface area contributed by atoms with E-state index in [1.807, 2.05) is 0 Å². The molecule has 0 aromatic heterocycles. The summed E-state index contributed by atoms with van der Waals surface area (Å²) in [6.45, 7) is 0. The van der Waals surface area contributed by atoms with Gasteiger partial charge in [-0.2, -0.15) is 26.3 Å². The van der Waals surface area contributed by atoms with Crippen LogP contribution in [0.4, 0.5) is 26.3 Å². The first kappa shape index (κ1) is 41.9. The summed E-state index contributed by atoms with van der Waals surface area (Å²) in [6, 6.07) is -2.01. The lowest BCUT2D eigenvalue weighted by molar-refractivity contribution is -0.193. The fourth-order valence-corrected chi connectivity index (χ4v) is 3.99. The second kappa shape index (κ2) is 16.4. The molecule has 1 heterocycles. The predicted molar refractivity (Wildman–Crippen MR) is 137 cm³/mol. The van der Waals surface area contributed by atoms with E-state index in [0.29, 0.717) is 0 Å². The van der Waals surface area contributed by atoms with Crippen molar-refractivity contribution in [3.63, 3.8) is 0 Å². The number of nitrogens with one attached hydrogen (secondary N) is 2. The molecule has 16 nitrogen and oxygen atoms in total. The van der Waals surface area contributed by atoms with Gasteiger partial charge < -0.3 is 46.8 Å². The first-order valence-electron chi connectivity index (χ1n) is 11.7. The van der Waals surface area contributed by atoms with Crippen LogP contribution in [-0.2, 0) is 24.0 Å². The third-order valence-corrected chi connectivity index (χ3v) is 6.32. The van der Waals surface area contributed by atoms with Gasteiger partial charge in [-0.15, -0.1) is 0 Å². The summed E-state index contributed by atoms with van der Waals surface area (Å²) in [6.07, 6.45) is -12.6. The number of alkyl halides is 6. The summed E-state index contributed by atoms with van der Waals surface area (Å²) in [5.74, 6) is -11.4. The highest BCUT2D eigenvalue weighted by Crippen LogP contribution is 2.33. The fourth-order valence-electron chi connectivity index (χ4n) is 3.50. The predicted octanol–water partition coefficient (Wildman–Crippen LogP) is 0.887. The molecule has 2 rings (SSSR count). The van der Waals surface area contributed by atoms with Gasteiger partial charge in [0.25, 0.3) is 5.91 Å². The topological polar surface area (TPSA) is 294 Å². The molecule has 5 atom stereocenters. The number of aliphatic hydroxyl groups excluding tert-OH is 1. The van der Waals surface area contributed by atoms with E-state index in [9.17, 15) is 65.9 Å². The van der Waals surface area contributed by atoms with Gasteiger partial charge in [-0.1, -0.05) is 23.2 Å². The van der Waals surface area contributed by atoms with E-state index in [0.717, 1.165) is 12.1 Å². The van der Waals surface area contributed by atoms with E-state index in [-0.39, 0.29) is 34.9 Å². The molecule has 0 bridgehead atoms. The first-order valence-corrected chi connectivity index (χ1v) is 12.4. The number of rotatable bonds is 9. The second-order valence-electron chi connectivity index (χ2n) is 8.96. The first-order chi connectivity index (χ1) is 20.7. The van der Waals surface area contributed by atoms with E-state index >= 15 is 0 Å². The maximum atomic E-state index is 12.4. The van der Waals surface area contributed by atoms with Gasteiger partial charge in [0.1, 0.15) is 23.7 Å². The molecule has 1 aromatic carbocycles. The lowest BCUT2D eigenvalue weighted by Gasteiger charge is -2.33. The van der Waals surface area contributed by atoms with Crippen LogP contribution in [0.3, 0.4) is 0 Å². The van der Waals surface area contributed by atoms with Crippen LogP contribution in [0.15, 0.2) is 12.1 Å². The molecule has 1 aromatic rings. The molecule has 1 saturated heterocycles. The Labute approximate surface area is 261 Å². The number of phenols is 1. The molecular formula is C22H23Cl2F6N3O13. The minimum Gasteiger partial charge on any atom is -0.505 e. The Balaban J connectivity index is 0.00000120. The monoisotopic (exact) mass is 721 g/mol. The number of phenolic OH excluding ortho intramolecular Hbond substituents is 1. The molecule has 0 unspecified atom stereocenters. The Hall–Kier alpha value is -4.12. The van der Waals surface area contributed by atoms with Gasteiger partial charge in [0, 0.05) is 11.6 Å². The lowest BCUT2D eigenvalue weighted by Crippen LogP contribution is -2.65. The van der Waals surface area contributed by atoms with Gasteiger partial charge in [-0.3, -0.25) is 19.7 Å². The van der Waals surface area contributed by atoms with Gasteiger partial charge in [0.05, 0.1) is 10.0 Å². The van der Waals surface area contributed by atoms with Crippen LogP contribution in [0.1, 0.15) is 29.6 Å². The summed E-state index contributed by atoms with van der Waals surface area (Å²) >= 11 is 11.5. The quantitative estimate of drug-likeness (QED) is 0.158. The normalized spacial score (nSPS) is 19.6. The van der Waals surface area contributed by atoms with Gasteiger partial charge in [0.2, 0.25) is 0 Å². The van der Waals surface area contributed by atoms with Crippen molar-refractivity contribution in [3.05, 3.63) is 27.7 Å². The number of aromatic hydroxyl groups is 1. The molecule has 1 aliphatic rings. The number of aliphatic hydroxyl groups is 1. The molecule has 1 aliphatic heterocycles. The molecule has 46 heavy (non-hydrogen) atoms. The van der Waals surface area contributed by atoms with Crippen molar-refractivity contribution in [1.29, 1.82) is 0 Å². The number of nitrogens with two attached hydrogens (primary N) is 1. The van der Waals surface area contributed by atoms with Crippen LogP contribution >= 0.6 is 23.2 Å². The van der Waals surface area contributed by atoms with Gasteiger partial charge in [-0.25, -0.2) is 14.4 Å².